The Morgan fingerprint density at radius 2 is 1.95 bits per heavy atom. The van der Waals surface area contributed by atoms with Crippen molar-refractivity contribution in [2.75, 3.05) is 5.32 Å². The van der Waals surface area contributed by atoms with Crippen LogP contribution >= 0.6 is 0 Å². The van der Waals surface area contributed by atoms with Crippen LogP contribution in [0.3, 0.4) is 0 Å². The van der Waals surface area contributed by atoms with Crippen molar-refractivity contribution in [2.24, 2.45) is 0 Å². The van der Waals surface area contributed by atoms with E-state index >= 15 is 0 Å². The average molecular weight is 305 g/mol. The lowest BCUT2D eigenvalue weighted by Gasteiger charge is -2.04. The molecule has 0 radical (unpaired) electrons. The third-order valence-electron chi connectivity index (χ3n) is 2.74. The Balaban J connectivity index is 2.18. The number of aromatic nitrogens is 2. The normalized spacial score (nSPS) is 10.2. The molecular weight excluding hydrogens is 294 g/mol. The van der Waals surface area contributed by atoms with Gasteiger partial charge in [0, 0.05) is 6.07 Å². The van der Waals surface area contributed by atoms with E-state index in [9.17, 15) is 25.0 Å². The molecule has 2 aromatic rings. The summed E-state index contributed by atoms with van der Waals surface area (Å²) in [6.07, 6.45) is 0. The van der Waals surface area contributed by atoms with Crippen LogP contribution in [0.5, 0.6) is 0 Å². The highest BCUT2D eigenvalue weighted by molar-refractivity contribution is 5.92. The maximum Gasteiger partial charge on any atom is 0.345 e. The molecule has 1 amide bonds. The molecule has 0 aliphatic rings. The summed E-state index contributed by atoms with van der Waals surface area (Å²) < 4.78 is 0.930. The van der Waals surface area contributed by atoms with Crippen LogP contribution in [0, 0.1) is 27.2 Å². The van der Waals surface area contributed by atoms with Crippen molar-refractivity contribution in [1.82, 2.24) is 9.78 Å². The van der Waals surface area contributed by atoms with Crippen LogP contribution in [0.2, 0.25) is 0 Å². The SMILES string of the molecule is Cc1cc([N+](=O)[O-])n(CC(=O)Nc2ccccc2[N+](=O)[O-])n1. The van der Waals surface area contributed by atoms with Gasteiger partial charge in [-0.2, -0.15) is 0 Å². The highest BCUT2D eigenvalue weighted by Crippen LogP contribution is 2.23. The van der Waals surface area contributed by atoms with Crippen LogP contribution in [0.1, 0.15) is 5.69 Å². The van der Waals surface area contributed by atoms with Gasteiger partial charge in [-0.15, -0.1) is 4.68 Å². The van der Waals surface area contributed by atoms with E-state index in [1.54, 1.807) is 6.92 Å². The minimum absolute atomic E-state index is 0.0176. The molecule has 0 atom stereocenters. The van der Waals surface area contributed by atoms with Crippen molar-refractivity contribution >= 4 is 23.1 Å². The van der Waals surface area contributed by atoms with Crippen LogP contribution < -0.4 is 5.32 Å². The molecule has 114 valence electrons. The molecular formula is C12H11N5O5. The number of carbonyl (C=O) groups excluding carboxylic acids is 1. The Kier molecular flexibility index (Phi) is 4.11. The molecule has 10 nitrogen and oxygen atoms in total. The number of nitro groups is 2. The first-order valence-electron chi connectivity index (χ1n) is 6.10. The van der Waals surface area contributed by atoms with Gasteiger partial charge in [-0.05, 0) is 17.9 Å². The predicted molar refractivity (Wildman–Crippen MR) is 75.3 cm³/mol. The first kappa shape index (κ1) is 15.1. The molecule has 0 bridgehead atoms. The lowest BCUT2D eigenvalue weighted by molar-refractivity contribution is -0.392. The molecule has 1 heterocycles. The van der Waals surface area contributed by atoms with E-state index in [1.165, 1.54) is 30.3 Å². The lowest BCUT2D eigenvalue weighted by Crippen LogP contribution is -2.21. The number of benzene rings is 1. The summed E-state index contributed by atoms with van der Waals surface area (Å²) in [6.45, 7) is 1.14. The number of hydrogen-bond donors (Lipinski definition) is 1. The third-order valence-corrected chi connectivity index (χ3v) is 2.74. The summed E-state index contributed by atoms with van der Waals surface area (Å²) in [4.78, 5) is 32.3. The van der Waals surface area contributed by atoms with Gasteiger partial charge < -0.3 is 15.4 Å². The summed E-state index contributed by atoms with van der Waals surface area (Å²) in [5.41, 5.74) is 0.149. The zero-order chi connectivity index (χ0) is 16.3. The maximum absolute atomic E-state index is 11.9. The third kappa shape index (κ3) is 3.23. The van der Waals surface area contributed by atoms with Crippen LogP contribution in [0.25, 0.3) is 0 Å². The van der Waals surface area contributed by atoms with Crippen LogP contribution in [-0.4, -0.2) is 25.5 Å². The molecule has 10 heteroatoms. The van der Waals surface area contributed by atoms with E-state index in [0.29, 0.717) is 5.69 Å². The highest BCUT2D eigenvalue weighted by atomic mass is 16.6. The summed E-state index contributed by atoms with van der Waals surface area (Å²) in [6, 6.07) is 6.85. The van der Waals surface area contributed by atoms with Gasteiger partial charge in [-0.3, -0.25) is 14.9 Å². The van der Waals surface area contributed by atoms with Crippen LogP contribution in [-0.2, 0) is 11.3 Å². The molecule has 0 saturated heterocycles. The van der Waals surface area contributed by atoms with Crippen molar-refractivity contribution in [1.29, 1.82) is 0 Å². The number of amides is 1. The molecule has 1 aromatic heterocycles. The fraction of sp³-hybridized carbons (Fsp3) is 0.167. The van der Waals surface area contributed by atoms with E-state index < -0.39 is 22.3 Å². The van der Waals surface area contributed by atoms with Gasteiger partial charge in [0.05, 0.1) is 16.7 Å². The molecule has 0 fully saturated rings. The van der Waals surface area contributed by atoms with Crippen molar-refractivity contribution in [3.8, 4) is 0 Å². The van der Waals surface area contributed by atoms with Gasteiger partial charge in [0.1, 0.15) is 5.69 Å². The van der Waals surface area contributed by atoms with E-state index in [4.69, 9.17) is 0 Å². The molecule has 1 aromatic carbocycles. The smallest absolute Gasteiger partial charge is 0.345 e. The predicted octanol–water partition coefficient (Wildman–Crippen LogP) is 1.65. The Labute approximate surface area is 123 Å². The molecule has 0 aliphatic carbocycles. The van der Waals surface area contributed by atoms with Crippen molar-refractivity contribution < 1.29 is 14.6 Å². The summed E-state index contributed by atoms with van der Waals surface area (Å²) in [7, 11) is 0. The minimum Gasteiger partial charge on any atom is -0.358 e. The lowest BCUT2D eigenvalue weighted by atomic mass is 10.2. The van der Waals surface area contributed by atoms with Crippen molar-refractivity contribution in [2.45, 2.75) is 13.5 Å². The fourth-order valence-electron chi connectivity index (χ4n) is 1.86. The average Bonchev–Trinajstić information content (AvgIpc) is 2.80. The molecule has 0 saturated carbocycles. The topological polar surface area (TPSA) is 133 Å². The molecule has 0 spiro atoms. The van der Waals surface area contributed by atoms with Gasteiger partial charge >= 0.3 is 5.82 Å². The largest absolute Gasteiger partial charge is 0.358 e. The van der Waals surface area contributed by atoms with Crippen molar-refractivity contribution in [3.05, 3.63) is 56.3 Å². The van der Waals surface area contributed by atoms with E-state index in [-0.39, 0.29) is 17.2 Å². The zero-order valence-electron chi connectivity index (χ0n) is 11.4. The Hall–Kier alpha value is -3.30. The number of carbonyl (C=O) groups is 1. The highest BCUT2D eigenvalue weighted by Gasteiger charge is 2.21. The number of hydrogen-bond acceptors (Lipinski definition) is 6. The van der Waals surface area contributed by atoms with Crippen molar-refractivity contribution in [3.63, 3.8) is 0 Å². The Bertz CT molecular complexity index is 754. The van der Waals surface area contributed by atoms with Gasteiger partial charge in [0.15, 0.2) is 6.54 Å². The minimum atomic E-state index is -0.655. The number of anilines is 1. The maximum atomic E-state index is 11.9. The van der Waals surface area contributed by atoms with E-state index in [1.807, 2.05) is 0 Å². The molecule has 2 rings (SSSR count). The van der Waals surface area contributed by atoms with E-state index in [0.717, 1.165) is 4.68 Å². The molecule has 0 aliphatic heterocycles. The standard InChI is InChI=1S/C12H11N5O5/c1-8-6-12(17(21)22)15(14-8)7-11(18)13-9-4-2-3-5-10(9)16(19)20/h2-6H,7H2,1H3,(H,13,18). The summed E-state index contributed by atoms with van der Waals surface area (Å²) in [5.74, 6) is -0.976. The second-order valence-corrected chi connectivity index (χ2v) is 4.38. The zero-order valence-corrected chi connectivity index (χ0v) is 11.4. The van der Waals surface area contributed by atoms with Gasteiger partial charge in [0.25, 0.3) is 11.6 Å². The number of para-hydroxylation sites is 2. The number of nitrogens with zero attached hydrogens (tertiary/aromatic N) is 4. The molecule has 1 N–H and O–H groups in total. The summed E-state index contributed by atoms with van der Waals surface area (Å²) >= 11 is 0. The van der Waals surface area contributed by atoms with Crippen LogP contribution in [0.4, 0.5) is 17.2 Å². The fourth-order valence-corrected chi connectivity index (χ4v) is 1.86. The van der Waals surface area contributed by atoms with Gasteiger partial charge in [0.2, 0.25) is 0 Å². The summed E-state index contributed by atoms with van der Waals surface area (Å²) in [5, 5.41) is 27.9. The number of nitro benzene ring substituents is 1. The number of aryl methyl sites for hydroxylation is 1. The van der Waals surface area contributed by atoms with E-state index in [2.05, 4.69) is 10.4 Å². The monoisotopic (exact) mass is 305 g/mol. The molecule has 22 heavy (non-hydrogen) atoms. The second kappa shape index (κ2) is 5.99. The Morgan fingerprint density at radius 3 is 2.59 bits per heavy atom. The first-order chi connectivity index (χ1) is 10.4. The number of nitrogens with one attached hydrogen (secondary N) is 1. The molecule has 0 unspecified atom stereocenters. The Morgan fingerprint density at radius 1 is 1.27 bits per heavy atom. The van der Waals surface area contributed by atoms with Crippen LogP contribution in [0.15, 0.2) is 30.3 Å². The van der Waals surface area contributed by atoms with Gasteiger partial charge in [-0.1, -0.05) is 17.2 Å². The quantitative estimate of drug-likeness (QED) is 0.659. The number of rotatable bonds is 5. The first-order valence-corrected chi connectivity index (χ1v) is 6.10. The van der Waals surface area contributed by atoms with Gasteiger partial charge in [-0.25, -0.2) is 0 Å². The second-order valence-electron chi connectivity index (χ2n) is 4.38.